The lowest BCUT2D eigenvalue weighted by Gasteiger charge is -2.51. The average Bonchev–Trinajstić information content (AvgIpc) is 2.62. The van der Waals surface area contributed by atoms with Gasteiger partial charge in [0.2, 0.25) is 0 Å². The highest BCUT2D eigenvalue weighted by molar-refractivity contribution is 5.04. The van der Waals surface area contributed by atoms with Gasteiger partial charge in [-0.05, 0) is 39.7 Å². The number of hydrogen-bond donors (Lipinski definition) is 1. The van der Waals surface area contributed by atoms with E-state index < -0.39 is 0 Å². The Hall–Kier alpha value is -0.0800. The van der Waals surface area contributed by atoms with E-state index in [-0.39, 0.29) is 0 Å². The molecule has 2 nitrogen and oxygen atoms in total. The maximum atomic E-state index is 3.74. The Balaban J connectivity index is 2.10. The molecule has 0 radical (unpaired) electrons. The minimum atomic E-state index is 0.309. The smallest absolute Gasteiger partial charge is 0.0334 e. The van der Waals surface area contributed by atoms with Crippen molar-refractivity contribution in [3.8, 4) is 0 Å². The summed E-state index contributed by atoms with van der Waals surface area (Å²) in [5.74, 6) is 0. The van der Waals surface area contributed by atoms with E-state index in [9.17, 15) is 0 Å². The summed E-state index contributed by atoms with van der Waals surface area (Å²) in [4.78, 5) is 2.77. The minimum absolute atomic E-state index is 0.309. The molecule has 1 aliphatic heterocycles. The molecule has 1 saturated heterocycles. The van der Waals surface area contributed by atoms with Crippen molar-refractivity contribution >= 4 is 0 Å². The largest absolute Gasteiger partial charge is 0.309 e. The van der Waals surface area contributed by atoms with Crippen LogP contribution in [0.2, 0.25) is 0 Å². The molecule has 0 amide bonds. The predicted octanol–water partition coefficient (Wildman–Crippen LogP) is 2.39. The SMILES string of the molecule is CCCN1CC(C)(C)NCC12CCCC2. The lowest BCUT2D eigenvalue weighted by atomic mass is 9.87. The number of nitrogens with zero attached hydrogens (tertiary/aromatic N) is 1. The average molecular weight is 210 g/mol. The van der Waals surface area contributed by atoms with Crippen LogP contribution in [0.25, 0.3) is 0 Å². The first kappa shape index (κ1) is 11.4. The van der Waals surface area contributed by atoms with Gasteiger partial charge in [0.1, 0.15) is 0 Å². The molecule has 2 aliphatic rings. The Kier molecular flexibility index (Phi) is 3.09. The van der Waals surface area contributed by atoms with Crippen molar-refractivity contribution in [1.82, 2.24) is 10.2 Å². The van der Waals surface area contributed by atoms with Gasteiger partial charge in [0.15, 0.2) is 0 Å². The second-order valence-electron chi connectivity index (χ2n) is 6.09. The van der Waals surface area contributed by atoms with E-state index in [2.05, 4.69) is 31.0 Å². The fraction of sp³-hybridized carbons (Fsp3) is 1.00. The zero-order valence-corrected chi connectivity index (χ0v) is 10.6. The summed E-state index contributed by atoms with van der Waals surface area (Å²) in [7, 11) is 0. The number of nitrogens with one attached hydrogen (secondary N) is 1. The molecule has 1 N–H and O–H groups in total. The summed E-state index contributed by atoms with van der Waals surface area (Å²) in [6.07, 6.45) is 6.98. The van der Waals surface area contributed by atoms with E-state index in [0.29, 0.717) is 11.1 Å². The molecule has 0 aromatic rings. The normalized spacial score (nSPS) is 29.8. The molecule has 1 spiro atoms. The summed E-state index contributed by atoms with van der Waals surface area (Å²) >= 11 is 0. The standard InChI is InChI=1S/C13H26N2/c1-4-9-15-11-12(2,3)14-10-13(15)7-5-6-8-13/h14H,4-11H2,1-3H3. The zero-order chi connectivity index (χ0) is 10.9. The first-order valence-corrected chi connectivity index (χ1v) is 6.58. The fourth-order valence-corrected chi connectivity index (χ4v) is 3.33. The van der Waals surface area contributed by atoms with E-state index in [1.54, 1.807) is 0 Å². The minimum Gasteiger partial charge on any atom is -0.309 e. The monoisotopic (exact) mass is 210 g/mol. The van der Waals surface area contributed by atoms with Crippen LogP contribution >= 0.6 is 0 Å². The molecule has 0 atom stereocenters. The molecule has 0 aromatic carbocycles. The van der Waals surface area contributed by atoms with Gasteiger partial charge in [-0.3, -0.25) is 4.90 Å². The van der Waals surface area contributed by atoms with Crippen LogP contribution in [0.1, 0.15) is 52.9 Å². The van der Waals surface area contributed by atoms with Gasteiger partial charge in [-0.15, -0.1) is 0 Å². The molecule has 0 bridgehead atoms. The van der Waals surface area contributed by atoms with Crippen LogP contribution in [0.3, 0.4) is 0 Å². The van der Waals surface area contributed by atoms with Gasteiger partial charge >= 0.3 is 0 Å². The predicted molar refractivity (Wildman–Crippen MR) is 65.1 cm³/mol. The van der Waals surface area contributed by atoms with Gasteiger partial charge in [-0.2, -0.15) is 0 Å². The number of rotatable bonds is 2. The summed E-state index contributed by atoms with van der Waals surface area (Å²) in [6, 6.07) is 0. The molecule has 15 heavy (non-hydrogen) atoms. The summed E-state index contributed by atoms with van der Waals surface area (Å²) < 4.78 is 0. The van der Waals surface area contributed by atoms with Crippen LogP contribution in [0.15, 0.2) is 0 Å². The molecular formula is C13H26N2. The third kappa shape index (κ3) is 2.21. The third-order valence-corrected chi connectivity index (χ3v) is 4.18. The lowest BCUT2D eigenvalue weighted by molar-refractivity contribution is 0.0191. The molecule has 0 aromatic heterocycles. The van der Waals surface area contributed by atoms with Crippen molar-refractivity contribution in [2.75, 3.05) is 19.6 Å². The van der Waals surface area contributed by atoms with Crippen molar-refractivity contribution in [3.63, 3.8) is 0 Å². The molecule has 1 aliphatic carbocycles. The van der Waals surface area contributed by atoms with Crippen molar-refractivity contribution in [1.29, 1.82) is 0 Å². The van der Waals surface area contributed by atoms with Gasteiger partial charge in [0.25, 0.3) is 0 Å². The third-order valence-electron chi connectivity index (χ3n) is 4.18. The number of hydrogen-bond acceptors (Lipinski definition) is 2. The van der Waals surface area contributed by atoms with E-state index in [4.69, 9.17) is 0 Å². The lowest BCUT2D eigenvalue weighted by Crippen LogP contribution is -2.67. The van der Waals surface area contributed by atoms with Crippen LogP contribution < -0.4 is 5.32 Å². The van der Waals surface area contributed by atoms with Gasteiger partial charge in [0, 0.05) is 24.2 Å². The van der Waals surface area contributed by atoms with Crippen molar-refractivity contribution in [2.45, 2.75) is 64.0 Å². The van der Waals surface area contributed by atoms with Crippen molar-refractivity contribution in [3.05, 3.63) is 0 Å². The van der Waals surface area contributed by atoms with Crippen molar-refractivity contribution in [2.24, 2.45) is 0 Å². The number of piperazine rings is 1. The van der Waals surface area contributed by atoms with E-state index in [1.165, 1.54) is 51.7 Å². The summed E-state index contributed by atoms with van der Waals surface area (Å²) in [6.45, 7) is 10.7. The van der Waals surface area contributed by atoms with E-state index in [0.717, 1.165) is 0 Å². The first-order chi connectivity index (χ1) is 7.08. The maximum Gasteiger partial charge on any atom is 0.0334 e. The summed E-state index contributed by atoms with van der Waals surface area (Å²) in [5.41, 5.74) is 0.828. The van der Waals surface area contributed by atoms with Gasteiger partial charge in [0.05, 0.1) is 0 Å². The molecule has 88 valence electrons. The molecule has 2 rings (SSSR count). The van der Waals surface area contributed by atoms with Gasteiger partial charge < -0.3 is 5.32 Å². The molecular weight excluding hydrogens is 184 g/mol. The second kappa shape index (κ2) is 4.06. The molecule has 2 fully saturated rings. The Labute approximate surface area is 94.4 Å². The van der Waals surface area contributed by atoms with Gasteiger partial charge in [-0.1, -0.05) is 19.8 Å². The van der Waals surface area contributed by atoms with Crippen LogP contribution in [0.5, 0.6) is 0 Å². The molecule has 1 saturated carbocycles. The zero-order valence-electron chi connectivity index (χ0n) is 10.6. The quantitative estimate of drug-likeness (QED) is 0.753. The van der Waals surface area contributed by atoms with Gasteiger partial charge in [-0.25, -0.2) is 0 Å². The Morgan fingerprint density at radius 1 is 1.20 bits per heavy atom. The molecule has 1 heterocycles. The molecule has 0 unspecified atom stereocenters. The Morgan fingerprint density at radius 2 is 1.87 bits per heavy atom. The maximum absolute atomic E-state index is 3.74. The van der Waals surface area contributed by atoms with Crippen LogP contribution in [-0.4, -0.2) is 35.6 Å². The first-order valence-electron chi connectivity index (χ1n) is 6.58. The summed E-state index contributed by atoms with van der Waals surface area (Å²) in [5, 5.41) is 3.74. The topological polar surface area (TPSA) is 15.3 Å². The van der Waals surface area contributed by atoms with E-state index >= 15 is 0 Å². The van der Waals surface area contributed by atoms with Crippen LogP contribution in [0.4, 0.5) is 0 Å². The second-order valence-corrected chi connectivity index (χ2v) is 6.09. The highest BCUT2D eigenvalue weighted by Gasteiger charge is 2.44. The van der Waals surface area contributed by atoms with Crippen LogP contribution in [-0.2, 0) is 0 Å². The molecule has 2 heteroatoms. The van der Waals surface area contributed by atoms with Crippen molar-refractivity contribution < 1.29 is 0 Å². The van der Waals surface area contributed by atoms with Crippen LogP contribution in [0, 0.1) is 0 Å². The highest BCUT2D eigenvalue weighted by Crippen LogP contribution is 2.38. The fourth-order valence-electron chi connectivity index (χ4n) is 3.33. The Morgan fingerprint density at radius 3 is 2.47 bits per heavy atom. The van der Waals surface area contributed by atoms with E-state index in [1.807, 2.05) is 0 Å². The highest BCUT2D eigenvalue weighted by atomic mass is 15.3. The Bertz CT molecular complexity index is 217.